The molecule has 0 aliphatic carbocycles. The van der Waals surface area contributed by atoms with Crippen molar-refractivity contribution in [3.63, 3.8) is 0 Å². The van der Waals surface area contributed by atoms with Gasteiger partial charge >= 0.3 is 11.9 Å². The van der Waals surface area contributed by atoms with Gasteiger partial charge in [0.25, 0.3) is 5.91 Å². The van der Waals surface area contributed by atoms with Crippen LogP contribution in [0.25, 0.3) is 0 Å². The fourth-order valence-electron chi connectivity index (χ4n) is 1.97. The van der Waals surface area contributed by atoms with E-state index in [1.54, 1.807) is 35.0 Å². The summed E-state index contributed by atoms with van der Waals surface area (Å²) < 4.78 is 1.44. The maximum absolute atomic E-state index is 12.2. The lowest BCUT2D eigenvalue weighted by atomic mass is 9.90. The zero-order chi connectivity index (χ0) is 15.6. The summed E-state index contributed by atoms with van der Waals surface area (Å²) in [5.41, 5.74) is 8.45. The second-order valence-corrected chi connectivity index (χ2v) is 4.78. The maximum Gasteiger partial charge on any atom is 0.375 e. The van der Waals surface area contributed by atoms with E-state index in [4.69, 9.17) is 5.73 Å². The van der Waals surface area contributed by atoms with E-state index in [9.17, 15) is 14.7 Å². The summed E-state index contributed by atoms with van der Waals surface area (Å²) in [4.78, 5) is 24.3. The second-order valence-electron chi connectivity index (χ2n) is 4.78. The minimum atomic E-state index is -0.792. The van der Waals surface area contributed by atoms with Crippen molar-refractivity contribution >= 4 is 23.4 Å². The number of carbonyl (C=O) groups excluding carboxylic acids is 2. The number of hydrogen-bond acceptors (Lipinski definition) is 4. The molecule has 0 radical (unpaired) electrons. The van der Waals surface area contributed by atoms with Gasteiger partial charge in [-0.15, -0.1) is 0 Å². The molecule has 1 rings (SSSR count). The highest BCUT2D eigenvalue weighted by Crippen LogP contribution is 2.23. The highest BCUT2D eigenvalue weighted by molar-refractivity contribution is 6.42. The van der Waals surface area contributed by atoms with E-state index in [-0.39, 0.29) is 17.4 Å². The van der Waals surface area contributed by atoms with Gasteiger partial charge < -0.3 is 15.7 Å². The lowest BCUT2D eigenvalue weighted by Gasteiger charge is -2.22. The molecule has 1 aliphatic rings. The van der Waals surface area contributed by atoms with Gasteiger partial charge in [-0.1, -0.05) is 6.92 Å². The standard InChI is InChI=1S/C12H19N5O3/c1-6-8(10(18)16(3)4)11(19)17(5)7(2)9(6)14-15-12(13)20/h6H,1-5H3,(H3,13,18,19,20)/p+1. The number of nitrogens with zero attached hydrogens (tertiary/aromatic N) is 3. The Hall–Kier alpha value is -2.38. The van der Waals surface area contributed by atoms with Crippen molar-refractivity contribution in [2.75, 3.05) is 21.1 Å². The molecule has 0 aromatic heterocycles. The van der Waals surface area contributed by atoms with Crippen LogP contribution in [0.15, 0.2) is 16.6 Å². The van der Waals surface area contributed by atoms with Gasteiger partial charge in [0.15, 0.2) is 0 Å². The van der Waals surface area contributed by atoms with E-state index in [2.05, 4.69) is 10.5 Å². The number of nitrogens with two attached hydrogens (primary N) is 1. The summed E-state index contributed by atoms with van der Waals surface area (Å²) in [6.07, 6.45) is 0. The van der Waals surface area contributed by atoms with E-state index in [0.717, 1.165) is 0 Å². The van der Waals surface area contributed by atoms with Crippen LogP contribution >= 0.6 is 0 Å². The van der Waals surface area contributed by atoms with Crippen LogP contribution in [-0.2, 0) is 4.79 Å². The molecule has 4 N–H and O–H groups in total. The van der Waals surface area contributed by atoms with Crippen molar-refractivity contribution < 1.29 is 19.3 Å². The summed E-state index contributed by atoms with van der Waals surface area (Å²) in [6.45, 7) is 3.45. The number of primary amides is 1. The van der Waals surface area contributed by atoms with Crippen LogP contribution in [0, 0.1) is 5.92 Å². The molecule has 110 valence electrons. The number of rotatable bonds is 2. The third kappa shape index (κ3) is 2.79. The number of hydrogen-bond donors (Lipinski definition) is 3. The van der Waals surface area contributed by atoms with Gasteiger partial charge in [-0.25, -0.2) is 10.2 Å². The van der Waals surface area contributed by atoms with Crippen LogP contribution < -0.4 is 11.2 Å². The van der Waals surface area contributed by atoms with Crippen LogP contribution in [0.5, 0.6) is 0 Å². The summed E-state index contributed by atoms with van der Waals surface area (Å²) in [5.74, 6) is -0.902. The predicted molar refractivity (Wildman–Crippen MR) is 74.5 cm³/mol. The maximum atomic E-state index is 12.2. The first-order valence-corrected chi connectivity index (χ1v) is 6.03. The SMILES string of the molecule is CC1=[N+](C)C(O)=C(C(=O)N(C)C)C(C)C1=NNC(N)=O. The number of aliphatic hydroxyl groups is 1. The van der Waals surface area contributed by atoms with Gasteiger partial charge in [0.1, 0.15) is 18.3 Å². The molecule has 20 heavy (non-hydrogen) atoms. The molecule has 8 nitrogen and oxygen atoms in total. The number of urea groups is 1. The Kier molecular flexibility index (Phi) is 4.49. The van der Waals surface area contributed by atoms with Crippen LogP contribution in [0.1, 0.15) is 13.8 Å². The third-order valence-corrected chi connectivity index (χ3v) is 3.20. The van der Waals surface area contributed by atoms with Crippen LogP contribution in [0.2, 0.25) is 0 Å². The number of likely N-dealkylation sites (N-methyl/N-ethyl adjacent to an activating group) is 1. The molecule has 1 unspecified atom stereocenters. The van der Waals surface area contributed by atoms with Gasteiger partial charge in [0, 0.05) is 26.9 Å². The van der Waals surface area contributed by atoms with Crippen molar-refractivity contribution in [2.45, 2.75) is 13.8 Å². The lowest BCUT2D eigenvalue weighted by molar-refractivity contribution is -0.477. The highest BCUT2D eigenvalue weighted by Gasteiger charge is 2.39. The minimum Gasteiger partial charge on any atom is -0.459 e. The Morgan fingerprint density at radius 1 is 1.45 bits per heavy atom. The zero-order valence-corrected chi connectivity index (χ0v) is 12.3. The average Bonchev–Trinajstić information content (AvgIpc) is 2.35. The Morgan fingerprint density at radius 2 is 2.00 bits per heavy atom. The van der Waals surface area contributed by atoms with Gasteiger partial charge in [-0.05, 0) is 0 Å². The van der Waals surface area contributed by atoms with Crippen molar-refractivity contribution in [2.24, 2.45) is 16.8 Å². The number of nitrogens with one attached hydrogen (secondary N) is 1. The third-order valence-electron chi connectivity index (χ3n) is 3.20. The lowest BCUT2D eigenvalue weighted by Crippen LogP contribution is -2.41. The van der Waals surface area contributed by atoms with E-state index in [1.165, 1.54) is 9.48 Å². The summed E-state index contributed by atoms with van der Waals surface area (Å²) >= 11 is 0. The second kappa shape index (κ2) is 5.72. The zero-order valence-electron chi connectivity index (χ0n) is 12.3. The average molecular weight is 282 g/mol. The van der Waals surface area contributed by atoms with E-state index in [1.807, 2.05) is 0 Å². The summed E-state index contributed by atoms with van der Waals surface area (Å²) in [7, 11) is 4.80. The number of carbonyl (C=O) groups is 2. The first-order chi connectivity index (χ1) is 9.18. The Balaban J connectivity index is 3.36. The van der Waals surface area contributed by atoms with Crippen molar-refractivity contribution in [3.8, 4) is 0 Å². The smallest absolute Gasteiger partial charge is 0.375 e. The first-order valence-electron chi connectivity index (χ1n) is 6.03. The van der Waals surface area contributed by atoms with E-state index < -0.39 is 11.9 Å². The summed E-state index contributed by atoms with van der Waals surface area (Å²) in [5, 5.41) is 14.1. The predicted octanol–water partition coefficient (Wildman–Crippen LogP) is -0.379. The van der Waals surface area contributed by atoms with Gasteiger partial charge in [-0.2, -0.15) is 9.68 Å². The molecule has 0 fully saturated rings. The molecule has 0 saturated heterocycles. The minimum absolute atomic E-state index is 0.119. The summed E-state index contributed by atoms with van der Waals surface area (Å²) in [6, 6.07) is -0.792. The molecular weight excluding hydrogens is 262 g/mol. The van der Waals surface area contributed by atoms with Gasteiger partial charge in [-0.3, -0.25) is 4.79 Å². The van der Waals surface area contributed by atoms with Crippen LogP contribution in [0.4, 0.5) is 4.79 Å². The molecule has 0 aromatic rings. The first kappa shape index (κ1) is 15.7. The number of aliphatic hydroxyl groups excluding tert-OH is 1. The molecule has 0 bridgehead atoms. The van der Waals surface area contributed by atoms with Gasteiger partial charge in [0.2, 0.25) is 5.71 Å². The van der Waals surface area contributed by atoms with Crippen molar-refractivity contribution in [1.29, 1.82) is 0 Å². The Morgan fingerprint density at radius 3 is 2.45 bits per heavy atom. The highest BCUT2D eigenvalue weighted by atomic mass is 16.3. The number of amides is 3. The molecular formula is C12H20N5O3+. The molecule has 3 amide bonds. The Labute approximate surface area is 117 Å². The van der Waals surface area contributed by atoms with Crippen LogP contribution in [0.3, 0.4) is 0 Å². The molecule has 0 aromatic carbocycles. The largest absolute Gasteiger partial charge is 0.459 e. The topological polar surface area (TPSA) is 111 Å². The van der Waals surface area contributed by atoms with Crippen LogP contribution in [-0.4, -0.2) is 59.1 Å². The van der Waals surface area contributed by atoms with Crippen molar-refractivity contribution in [3.05, 3.63) is 11.5 Å². The quantitative estimate of drug-likeness (QED) is 0.474. The molecule has 8 heteroatoms. The molecule has 1 heterocycles. The molecule has 1 aliphatic heterocycles. The van der Waals surface area contributed by atoms with E-state index >= 15 is 0 Å². The molecule has 0 spiro atoms. The number of hydrazone groups is 1. The van der Waals surface area contributed by atoms with E-state index in [0.29, 0.717) is 11.4 Å². The fraction of sp³-hybridized carbons (Fsp3) is 0.500. The fourth-order valence-corrected chi connectivity index (χ4v) is 1.97. The normalized spacial score (nSPS) is 21.2. The van der Waals surface area contributed by atoms with Crippen molar-refractivity contribution in [1.82, 2.24) is 10.3 Å². The Bertz CT molecular complexity index is 545. The molecule has 1 atom stereocenters. The molecule has 0 saturated carbocycles. The van der Waals surface area contributed by atoms with Gasteiger partial charge in [0.05, 0.1) is 0 Å². The monoisotopic (exact) mass is 282 g/mol.